The Morgan fingerprint density at radius 3 is 2.58 bits per heavy atom. The van der Waals surface area contributed by atoms with E-state index in [4.69, 9.17) is 15.2 Å². The van der Waals surface area contributed by atoms with Gasteiger partial charge in [-0.3, -0.25) is 4.79 Å². The largest absolute Gasteiger partial charge is 0.486 e. The molecule has 104 valence electrons. The summed E-state index contributed by atoms with van der Waals surface area (Å²) in [5, 5.41) is 0. The molecule has 0 spiro atoms. The first-order chi connectivity index (χ1) is 9.06. The van der Waals surface area contributed by atoms with Crippen LogP contribution in [0.3, 0.4) is 0 Å². The molecule has 0 radical (unpaired) electrons. The first-order valence-corrected chi connectivity index (χ1v) is 7.20. The number of ether oxygens (including phenoxy) is 2. The third-order valence-corrected chi connectivity index (χ3v) is 3.64. The summed E-state index contributed by atoms with van der Waals surface area (Å²) in [6, 6.07) is 1.82. The maximum Gasteiger partial charge on any atom is 0.175 e. The van der Waals surface area contributed by atoms with Gasteiger partial charge in [-0.15, -0.1) is 0 Å². The van der Waals surface area contributed by atoms with Crippen molar-refractivity contribution < 1.29 is 14.3 Å². The Morgan fingerprint density at radius 1 is 1.37 bits per heavy atom. The van der Waals surface area contributed by atoms with E-state index in [1.165, 1.54) is 0 Å². The summed E-state index contributed by atoms with van der Waals surface area (Å²) >= 11 is 3.45. The first kappa shape index (κ1) is 14.3. The summed E-state index contributed by atoms with van der Waals surface area (Å²) in [6.07, 6.45) is 0.339. The zero-order chi connectivity index (χ0) is 14.0. The second-order valence-corrected chi connectivity index (χ2v) is 5.65. The highest BCUT2D eigenvalue weighted by Crippen LogP contribution is 2.45. The van der Waals surface area contributed by atoms with Gasteiger partial charge in [-0.25, -0.2) is 0 Å². The van der Waals surface area contributed by atoms with Crippen LogP contribution in [0.2, 0.25) is 0 Å². The van der Waals surface area contributed by atoms with E-state index in [-0.39, 0.29) is 11.7 Å². The van der Waals surface area contributed by atoms with Gasteiger partial charge in [0.1, 0.15) is 13.2 Å². The lowest BCUT2D eigenvalue weighted by atomic mass is 9.92. The molecule has 1 aliphatic rings. The number of Topliss-reactive ketones (excluding diaryl/α,β-unsaturated/α-hetero) is 1. The Morgan fingerprint density at radius 2 is 2.00 bits per heavy atom. The minimum Gasteiger partial charge on any atom is -0.486 e. The van der Waals surface area contributed by atoms with Gasteiger partial charge in [-0.2, -0.15) is 0 Å². The van der Waals surface area contributed by atoms with Gasteiger partial charge >= 0.3 is 0 Å². The van der Waals surface area contributed by atoms with Crippen LogP contribution in [-0.2, 0) is 0 Å². The third kappa shape index (κ3) is 2.77. The lowest BCUT2D eigenvalue weighted by Crippen LogP contribution is -2.20. The van der Waals surface area contributed by atoms with Gasteiger partial charge in [0, 0.05) is 17.5 Å². The van der Waals surface area contributed by atoms with E-state index in [0.717, 1.165) is 10.0 Å². The van der Waals surface area contributed by atoms with E-state index < -0.39 is 0 Å². The molecule has 0 unspecified atom stereocenters. The number of ketones is 1. The standard InChI is InChI=1S/C14H18BrNO3/c1-8(2)12-9(11(17)3-4-16)7-10(15)13-14(12)19-6-5-18-13/h7-8H,3-6,16H2,1-2H3. The monoisotopic (exact) mass is 327 g/mol. The van der Waals surface area contributed by atoms with E-state index in [1.807, 2.05) is 19.9 Å². The molecule has 2 N–H and O–H groups in total. The van der Waals surface area contributed by atoms with Gasteiger partial charge in [-0.05, 0) is 34.5 Å². The van der Waals surface area contributed by atoms with E-state index in [1.54, 1.807) is 0 Å². The van der Waals surface area contributed by atoms with Gasteiger partial charge in [0.05, 0.1) is 4.47 Å². The van der Waals surface area contributed by atoms with Crippen LogP contribution >= 0.6 is 15.9 Å². The number of nitrogens with two attached hydrogens (primary N) is 1. The minimum absolute atomic E-state index is 0.0453. The Hall–Kier alpha value is -1.07. The molecule has 0 atom stereocenters. The number of hydrogen-bond acceptors (Lipinski definition) is 4. The molecule has 0 saturated heterocycles. The average molecular weight is 328 g/mol. The van der Waals surface area contributed by atoms with Crippen molar-refractivity contribution in [2.24, 2.45) is 5.73 Å². The number of fused-ring (bicyclic) bond motifs is 1. The zero-order valence-electron chi connectivity index (χ0n) is 11.2. The van der Waals surface area contributed by atoms with Gasteiger partial charge in [0.2, 0.25) is 0 Å². The van der Waals surface area contributed by atoms with Crippen molar-refractivity contribution in [1.82, 2.24) is 0 Å². The van der Waals surface area contributed by atoms with E-state index in [9.17, 15) is 4.79 Å². The highest BCUT2D eigenvalue weighted by atomic mass is 79.9. The molecule has 1 aromatic rings. The van der Waals surface area contributed by atoms with Crippen LogP contribution in [0.25, 0.3) is 0 Å². The quantitative estimate of drug-likeness (QED) is 0.864. The second kappa shape index (κ2) is 5.92. The Labute approximate surface area is 121 Å². The molecular weight excluding hydrogens is 310 g/mol. The number of carbonyl (C=O) groups excluding carboxylic acids is 1. The molecule has 4 nitrogen and oxygen atoms in total. The molecule has 2 rings (SSSR count). The summed E-state index contributed by atoms with van der Waals surface area (Å²) in [7, 11) is 0. The Balaban J connectivity index is 2.60. The predicted octanol–water partition coefficient (Wildman–Crippen LogP) is 2.88. The smallest absolute Gasteiger partial charge is 0.175 e. The van der Waals surface area contributed by atoms with E-state index in [2.05, 4.69) is 15.9 Å². The lowest BCUT2D eigenvalue weighted by molar-refractivity contribution is 0.0982. The van der Waals surface area contributed by atoms with E-state index >= 15 is 0 Å². The zero-order valence-corrected chi connectivity index (χ0v) is 12.7. The molecule has 0 saturated carbocycles. The molecule has 1 aliphatic heterocycles. The Kier molecular flexibility index (Phi) is 4.47. The summed E-state index contributed by atoms with van der Waals surface area (Å²) in [4.78, 5) is 12.2. The van der Waals surface area contributed by atoms with E-state index in [0.29, 0.717) is 43.2 Å². The fraction of sp³-hybridized carbons (Fsp3) is 0.500. The molecule has 0 fully saturated rings. The molecule has 1 aromatic carbocycles. The van der Waals surface area contributed by atoms with Crippen LogP contribution in [0.4, 0.5) is 0 Å². The van der Waals surface area contributed by atoms with Crippen LogP contribution in [-0.4, -0.2) is 25.5 Å². The van der Waals surface area contributed by atoms with Crippen molar-refractivity contribution >= 4 is 21.7 Å². The van der Waals surface area contributed by atoms with Crippen LogP contribution in [0.1, 0.15) is 42.1 Å². The fourth-order valence-electron chi connectivity index (χ4n) is 2.26. The number of hydrogen-bond donors (Lipinski definition) is 1. The van der Waals surface area contributed by atoms with Gasteiger partial charge in [-0.1, -0.05) is 13.8 Å². The van der Waals surface area contributed by atoms with Crippen molar-refractivity contribution in [2.75, 3.05) is 19.8 Å². The molecule has 0 aliphatic carbocycles. The number of benzene rings is 1. The molecule has 0 bridgehead atoms. The maximum absolute atomic E-state index is 12.2. The summed E-state index contributed by atoms with van der Waals surface area (Å²) in [6.45, 7) is 5.47. The summed E-state index contributed by atoms with van der Waals surface area (Å²) in [5.41, 5.74) is 7.07. The number of rotatable bonds is 4. The first-order valence-electron chi connectivity index (χ1n) is 6.41. The molecular formula is C14H18BrNO3. The maximum atomic E-state index is 12.2. The number of carbonyl (C=O) groups is 1. The topological polar surface area (TPSA) is 61.6 Å². The normalized spacial score (nSPS) is 13.7. The molecule has 5 heteroatoms. The van der Waals surface area contributed by atoms with Crippen molar-refractivity contribution in [3.63, 3.8) is 0 Å². The lowest BCUT2D eigenvalue weighted by Gasteiger charge is -2.25. The molecule has 0 amide bonds. The summed E-state index contributed by atoms with van der Waals surface area (Å²) in [5.74, 6) is 1.61. The Bertz CT molecular complexity index is 500. The van der Waals surface area contributed by atoms with Crippen molar-refractivity contribution in [2.45, 2.75) is 26.2 Å². The van der Waals surface area contributed by atoms with Crippen LogP contribution in [0.15, 0.2) is 10.5 Å². The van der Waals surface area contributed by atoms with Crippen molar-refractivity contribution in [3.05, 3.63) is 21.7 Å². The van der Waals surface area contributed by atoms with Gasteiger partial charge in [0.25, 0.3) is 0 Å². The number of halogens is 1. The third-order valence-electron chi connectivity index (χ3n) is 3.05. The fourth-order valence-corrected chi connectivity index (χ4v) is 2.78. The van der Waals surface area contributed by atoms with Crippen LogP contribution in [0, 0.1) is 0 Å². The average Bonchev–Trinajstić information content (AvgIpc) is 2.38. The molecule has 0 aromatic heterocycles. The van der Waals surface area contributed by atoms with Crippen molar-refractivity contribution in [1.29, 1.82) is 0 Å². The van der Waals surface area contributed by atoms with Gasteiger partial charge in [0.15, 0.2) is 17.3 Å². The highest BCUT2D eigenvalue weighted by molar-refractivity contribution is 9.10. The van der Waals surface area contributed by atoms with Crippen LogP contribution in [0.5, 0.6) is 11.5 Å². The minimum atomic E-state index is 0.0453. The van der Waals surface area contributed by atoms with Crippen LogP contribution < -0.4 is 15.2 Å². The SMILES string of the molecule is CC(C)c1c(C(=O)CCN)cc(Br)c2c1OCCO2. The molecule has 1 heterocycles. The molecule has 19 heavy (non-hydrogen) atoms. The second-order valence-electron chi connectivity index (χ2n) is 4.79. The predicted molar refractivity (Wildman–Crippen MR) is 77.2 cm³/mol. The highest BCUT2D eigenvalue weighted by Gasteiger charge is 2.26. The van der Waals surface area contributed by atoms with Gasteiger partial charge < -0.3 is 15.2 Å². The van der Waals surface area contributed by atoms with Crippen molar-refractivity contribution in [3.8, 4) is 11.5 Å². The summed E-state index contributed by atoms with van der Waals surface area (Å²) < 4.78 is 12.1.